The van der Waals surface area contributed by atoms with E-state index in [-0.39, 0.29) is 42.9 Å². The van der Waals surface area contributed by atoms with E-state index in [1.165, 1.54) is 13.8 Å². The van der Waals surface area contributed by atoms with Gasteiger partial charge in [0.15, 0.2) is 17.3 Å². The topological polar surface area (TPSA) is 84.9 Å². The Morgan fingerprint density at radius 1 is 1.00 bits per heavy atom. The zero-order valence-electron chi connectivity index (χ0n) is 16.3. The normalized spacial score (nSPS) is 22.4. The van der Waals surface area contributed by atoms with Crippen molar-refractivity contribution in [1.82, 2.24) is 10.2 Å². The van der Waals surface area contributed by atoms with Crippen LogP contribution in [0.4, 0.5) is 0 Å². The van der Waals surface area contributed by atoms with Crippen molar-refractivity contribution in [2.75, 3.05) is 13.3 Å². The van der Waals surface area contributed by atoms with Crippen LogP contribution in [0.25, 0.3) is 0 Å². The fraction of sp³-hybridized carbons (Fsp3) is 0.318. The second-order valence-electron chi connectivity index (χ2n) is 7.29. The van der Waals surface area contributed by atoms with Crippen molar-refractivity contribution in [3.63, 3.8) is 0 Å². The van der Waals surface area contributed by atoms with Crippen LogP contribution in [-0.2, 0) is 9.59 Å². The molecule has 2 aliphatic heterocycles. The highest BCUT2D eigenvalue weighted by molar-refractivity contribution is 6.03. The Morgan fingerprint density at radius 3 is 2.41 bits per heavy atom. The number of likely N-dealkylation sites (tertiary alicyclic amines) is 1. The fourth-order valence-corrected chi connectivity index (χ4v) is 4.19. The SMILES string of the molecule is CC(=O)N[C@@H]1CN(C(C)=O)[C@H](C(=O)c2ccc3c(c2)OCO3)[C@H]1c1ccccc1. The zero-order valence-corrected chi connectivity index (χ0v) is 16.3. The lowest BCUT2D eigenvalue weighted by Gasteiger charge is -2.27. The van der Waals surface area contributed by atoms with E-state index >= 15 is 0 Å². The third kappa shape index (κ3) is 3.55. The Bertz CT molecular complexity index is 959. The molecule has 1 fully saturated rings. The van der Waals surface area contributed by atoms with Crippen molar-refractivity contribution in [2.24, 2.45) is 0 Å². The molecule has 0 unspecified atom stereocenters. The lowest BCUT2D eigenvalue weighted by atomic mass is 9.84. The maximum atomic E-state index is 13.6. The lowest BCUT2D eigenvalue weighted by Crippen LogP contribution is -2.42. The van der Waals surface area contributed by atoms with Gasteiger partial charge in [-0.15, -0.1) is 0 Å². The molecular formula is C22H22N2O5. The molecule has 2 aliphatic rings. The molecule has 0 saturated carbocycles. The summed E-state index contributed by atoms with van der Waals surface area (Å²) >= 11 is 0. The number of ketones is 1. The Hall–Kier alpha value is -3.35. The van der Waals surface area contributed by atoms with Crippen LogP contribution in [-0.4, -0.2) is 47.9 Å². The number of hydrogen-bond acceptors (Lipinski definition) is 5. The van der Waals surface area contributed by atoms with Gasteiger partial charge in [0.2, 0.25) is 18.6 Å². The molecule has 150 valence electrons. The predicted molar refractivity (Wildman–Crippen MR) is 105 cm³/mol. The second-order valence-corrected chi connectivity index (χ2v) is 7.29. The molecule has 29 heavy (non-hydrogen) atoms. The monoisotopic (exact) mass is 394 g/mol. The van der Waals surface area contributed by atoms with Gasteiger partial charge in [-0.25, -0.2) is 0 Å². The highest BCUT2D eigenvalue weighted by Crippen LogP contribution is 2.38. The van der Waals surface area contributed by atoms with E-state index < -0.39 is 6.04 Å². The van der Waals surface area contributed by atoms with Crippen LogP contribution < -0.4 is 14.8 Å². The molecule has 7 nitrogen and oxygen atoms in total. The van der Waals surface area contributed by atoms with E-state index in [0.717, 1.165) is 5.56 Å². The van der Waals surface area contributed by atoms with Crippen LogP contribution in [0, 0.1) is 0 Å². The molecule has 0 aliphatic carbocycles. The van der Waals surface area contributed by atoms with Crippen LogP contribution in [0.5, 0.6) is 11.5 Å². The molecule has 2 heterocycles. The van der Waals surface area contributed by atoms with E-state index in [0.29, 0.717) is 17.1 Å². The summed E-state index contributed by atoms with van der Waals surface area (Å²) in [5.74, 6) is 0.139. The summed E-state index contributed by atoms with van der Waals surface area (Å²) < 4.78 is 10.7. The van der Waals surface area contributed by atoms with Crippen molar-refractivity contribution in [2.45, 2.75) is 31.8 Å². The van der Waals surface area contributed by atoms with Crippen LogP contribution in [0.1, 0.15) is 35.7 Å². The molecule has 2 aromatic carbocycles. The van der Waals surface area contributed by atoms with Gasteiger partial charge < -0.3 is 19.7 Å². The van der Waals surface area contributed by atoms with Crippen molar-refractivity contribution < 1.29 is 23.9 Å². The zero-order chi connectivity index (χ0) is 20.5. The van der Waals surface area contributed by atoms with Gasteiger partial charge in [-0.1, -0.05) is 30.3 Å². The van der Waals surface area contributed by atoms with Crippen LogP contribution in [0.15, 0.2) is 48.5 Å². The first-order valence-corrected chi connectivity index (χ1v) is 9.49. The predicted octanol–water partition coefficient (Wildman–Crippen LogP) is 2.12. The summed E-state index contributed by atoms with van der Waals surface area (Å²) in [5, 5.41) is 2.92. The lowest BCUT2D eigenvalue weighted by molar-refractivity contribution is -0.129. The molecule has 0 aromatic heterocycles. The van der Waals surface area contributed by atoms with Crippen molar-refractivity contribution >= 4 is 17.6 Å². The number of fused-ring (bicyclic) bond motifs is 1. The molecule has 2 amide bonds. The second kappa shape index (κ2) is 7.58. The minimum absolute atomic E-state index is 0.118. The van der Waals surface area contributed by atoms with E-state index in [9.17, 15) is 14.4 Å². The van der Waals surface area contributed by atoms with Crippen molar-refractivity contribution in [3.8, 4) is 11.5 Å². The van der Waals surface area contributed by atoms with Gasteiger partial charge in [0.05, 0.1) is 6.04 Å². The van der Waals surface area contributed by atoms with Gasteiger partial charge in [-0.05, 0) is 23.8 Å². The molecule has 1 N–H and O–H groups in total. The smallest absolute Gasteiger partial charge is 0.231 e. The number of amides is 2. The molecule has 1 saturated heterocycles. The number of carbonyl (C=O) groups excluding carboxylic acids is 3. The molecular weight excluding hydrogens is 372 g/mol. The van der Waals surface area contributed by atoms with Crippen LogP contribution >= 0.6 is 0 Å². The third-order valence-electron chi connectivity index (χ3n) is 5.41. The Kier molecular flexibility index (Phi) is 4.96. The molecule has 3 atom stereocenters. The number of rotatable bonds is 4. The first kappa shape index (κ1) is 19.0. The number of benzene rings is 2. The van der Waals surface area contributed by atoms with E-state index in [1.54, 1.807) is 23.1 Å². The molecule has 0 spiro atoms. The first-order valence-electron chi connectivity index (χ1n) is 9.49. The number of carbonyl (C=O) groups is 3. The fourth-order valence-electron chi connectivity index (χ4n) is 4.19. The summed E-state index contributed by atoms with van der Waals surface area (Å²) in [6.45, 7) is 3.27. The van der Waals surface area contributed by atoms with E-state index in [4.69, 9.17) is 9.47 Å². The highest BCUT2D eigenvalue weighted by Gasteiger charge is 2.48. The number of ether oxygens (including phenoxy) is 2. The maximum absolute atomic E-state index is 13.6. The summed E-state index contributed by atoms with van der Waals surface area (Å²) in [7, 11) is 0. The molecule has 4 rings (SSSR count). The third-order valence-corrected chi connectivity index (χ3v) is 5.41. The number of hydrogen-bond donors (Lipinski definition) is 1. The van der Waals surface area contributed by atoms with Gasteiger partial charge >= 0.3 is 0 Å². The Morgan fingerprint density at radius 2 is 1.72 bits per heavy atom. The quantitative estimate of drug-likeness (QED) is 0.803. The Labute approximate surface area is 168 Å². The first-order chi connectivity index (χ1) is 14.0. The maximum Gasteiger partial charge on any atom is 0.231 e. The largest absolute Gasteiger partial charge is 0.454 e. The standard InChI is InChI=1S/C22H22N2O5/c1-13(25)23-17-11-24(14(2)26)21(20(17)15-6-4-3-5-7-15)22(27)16-8-9-18-19(10-16)29-12-28-18/h3-10,17,20-21H,11-12H2,1-2H3,(H,23,25)/t17-,20+,21+/m1/s1. The number of nitrogens with zero attached hydrogens (tertiary/aromatic N) is 1. The van der Waals surface area contributed by atoms with Gasteiger partial charge in [0.25, 0.3) is 0 Å². The average molecular weight is 394 g/mol. The molecule has 0 bridgehead atoms. The number of Topliss-reactive ketones (excluding diaryl/α,β-unsaturated/α-hetero) is 1. The minimum atomic E-state index is -0.730. The van der Waals surface area contributed by atoms with E-state index in [2.05, 4.69) is 5.32 Å². The van der Waals surface area contributed by atoms with E-state index in [1.807, 2.05) is 30.3 Å². The summed E-state index contributed by atoms with van der Waals surface area (Å²) in [5.41, 5.74) is 1.34. The van der Waals surface area contributed by atoms with Crippen molar-refractivity contribution in [3.05, 3.63) is 59.7 Å². The van der Waals surface area contributed by atoms with Crippen LogP contribution in [0.3, 0.4) is 0 Å². The molecule has 7 heteroatoms. The van der Waals surface area contributed by atoms with Gasteiger partial charge in [0.1, 0.15) is 6.04 Å². The minimum Gasteiger partial charge on any atom is -0.454 e. The molecule has 2 aromatic rings. The van der Waals surface area contributed by atoms with Gasteiger partial charge in [-0.2, -0.15) is 0 Å². The summed E-state index contributed by atoms with van der Waals surface area (Å²) in [6, 6.07) is 13.4. The molecule has 0 radical (unpaired) electrons. The average Bonchev–Trinajstić information content (AvgIpc) is 3.31. The highest BCUT2D eigenvalue weighted by atomic mass is 16.7. The van der Waals surface area contributed by atoms with Crippen LogP contribution in [0.2, 0.25) is 0 Å². The van der Waals surface area contributed by atoms with Crippen molar-refractivity contribution in [1.29, 1.82) is 0 Å². The van der Waals surface area contributed by atoms with Gasteiger partial charge in [0, 0.05) is 31.9 Å². The Balaban J connectivity index is 1.76. The summed E-state index contributed by atoms with van der Waals surface area (Å²) in [6.07, 6.45) is 0. The number of nitrogens with one attached hydrogen (secondary N) is 1. The van der Waals surface area contributed by atoms with Gasteiger partial charge in [-0.3, -0.25) is 14.4 Å². The summed E-state index contributed by atoms with van der Waals surface area (Å²) in [4.78, 5) is 39.3.